The number of fused-ring (bicyclic) bond motifs is 1. The van der Waals surface area contributed by atoms with Gasteiger partial charge in [-0.05, 0) is 24.3 Å². The number of alkyl halides is 1. The van der Waals surface area contributed by atoms with Crippen molar-refractivity contribution >= 4 is 38.4 Å². The molecule has 0 N–H and O–H groups in total. The van der Waals surface area contributed by atoms with Crippen LogP contribution in [0.5, 0.6) is 0 Å². The number of nitrogens with zero attached hydrogens (tertiary/aromatic N) is 3. The summed E-state index contributed by atoms with van der Waals surface area (Å²) in [6.45, 7) is 4.30. The highest BCUT2D eigenvalue weighted by Crippen LogP contribution is 2.26. The van der Waals surface area contributed by atoms with Crippen LogP contribution in [0.4, 0.5) is 5.69 Å². The standard InChI is InChI=1S/C22H22BrN3O/c1-2-22(27)26-14-13-25(15-21(26)23)18-10-7-17(8-11-18)20-12-9-16-5-3-4-6-19(16)24-20/h3-12,21H,2,13-15H2,1H3. The number of piperazine rings is 1. The first-order valence-corrected chi connectivity index (χ1v) is 10.2. The molecule has 5 heteroatoms. The van der Waals surface area contributed by atoms with Gasteiger partial charge in [0, 0.05) is 42.7 Å². The molecule has 0 aliphatic carbocycles. The number of carbonyl (C=O) groups is 1. The second-order valence-electron chi connectivity index (χ2n) is 6.76. The molecule has 1 aromatic heterocycles. The molecular weight excluding hydrogens is 402 g/mol. The van der Waals surface area contributed by atoms with Crippen LogP contribution in [0.2, 0.25) is 0 Å². The Labute approximate surface area is 167 Å². The first kappa shape index (κ1) is 18.0. The van der Waals surface area contributed by atoms with E-state index in [-0.39, 0.29) is 10.9 Å². The van der Waals surface area contributed by atoms with Gasteiger partial charge in [-0.15, -0.1) is 0 Å². The van der Waals surface area contributed by atoms with Crippen molar-refractivity contribution in [2.45, 2.75) is 18.3 Å². The second kappa shape index (κ2) is 7.69. The van der Waals surface area contributed by atoms with Crippen molar-refractivity contribution in [1.82, 2.24) is 9.88 Å². The fourth-order valence-electron chi connectivity index (χ4n) is 3.53. The molecular formula is C22H22BrN3O. The van der Waals surface area contributed by atoms with Crippen molar-refractivity contribution in [2.24, 2.45) is 0 Å². The Morgan fingerprint density at radius 1 is 1.07 bits per heavy atom. The van der Waals surface area contributed by atoms with Gasteiger partial charge in [0.1, 0.15) is 4.95 Å². The summed E-state index contributed by atoms with van der Waals surface area (Å²) in [7, 11) is 0. The van der Waals surface area contributed by atoms with Crippen molar-refractivity contribution in [1.29, 1.82) is 0 Å². The van der Waals surface area contributed by atoms with E-state index in [1.54, 1.807) is 0 Å². The van der Waals surface area contributed by atoms with Gasteiger partial charge in [-0.1, -0.05) is 59.3 Å². The average Bonchev–Trinajstić information content (AvgIpc) is 2.73. The molecule has 138 valence electrons. The van der Waals surface area contributed by atoms with E-state index in [1.165, 1.54) is 5.69 Å². The third kappa shape index (κ3) is 3.69. The monoisotopic (exact) mass is 423 g/mol. The van der Waals surface area contributed by atoms with E-state index < -0.39 is 0 Å². The summed E-state index contributed by atoms with van der Waals surface area (Å²) in [4.78, 5) is 21.1. The Morgan fingerprint density at radius 2 is 1.85 bits per heavy atom. The number of amides is 1. The number of hydrogen-bond donors (Lipinski definition) is 0. The zero-order valence-corrected chi connectivity index (χ0v) is 16.9. The van der Waals surface area contributed by atoms with Crippen LogP contribution >= 0.6 is 15.9 Å². The quantitative estimate of drug-likeness (QED) is 0.453. The van der Waals surface area contributed by atoms with E-state index in [0.29, 0.717) is 6.42 Å². The van der Waals surface area contributed by atoms with Crippen molar-refractivity contribution in [3.05, 3.63) is 60.7 Å². The van der Waals surface area contributed by atoms with Gasteiger partial charge < -0.3 is 9.80 Å². The van der Waals surface area contributed by atoms with Crippen LogP contribution in [0.1, 0.15) is 13.3 Å². The van der Waals surface area contributed by atoms with Crippen LogP contribution in [0, 0.1) is 0 Å². The lowest BCUT2D eigenvalue weighted by atomic mass is 10.1. The number of pyridine rings is 1. The largest absolute Gasteiger partial charge is 0.367 e. The van der Waals surface area contributed by atoms with E-state index in [0.717, 1.165) is 41.8 Å². The summed E-state index contributed by atoms with van der Waals surface area (Å²) in [6, 6.07) is 20.9. The predicted octanol–water partition coefficient (Wildman–Crippen LogP) is 4.68. The lowest BCUT2D eigenvalue weighted by molar-refractivity contribution is -0.131. The maximum Gasteiger partial charge on any atom is 0.223 e. The minimum absolute atomic E-state index is 0.0560. The van der Waals surface area contributed by atoms with Crippen molar-refractivity contribution in [2.75, 3.05) is 24.5 Å². The fraction of sp³-hybridized carbons (Fsp3) is 0.273. The summed E-state index contributed by atoms with van der Waals surface area (Å²) in [5, 5.41) is 1.15. The van der Waals surface area contributed by atoms with Gasteiger partial charge >= 0.3 is 0 Å². The SMILES string of the molecule is CCC(=O)N1CCN(c2ccc(-c3ccc4ccccc4n3)cc2)CC1Br. The third-order valence-corrected chi connectivity index (χ3v) is 5.85. The molecule has 2 heterocycles. The number of benzene rings is 2. The number of hydrogen-bond acceptors (Lipinski definition) is 3. The Bertz CT molecular complexity index is 957. The summed E-state index contributed by atoms with van der Waals surface area (Å²) in [5.74, 6) is 0.203. The lowest BCUT2D eigenvalue weighted by Crippen LogP contribution is -2.52. The number of para-hydroxylation sites is 1. The van der Waals surface area contributed by atoms with E-state index >= 15 is 0 Å². The molecule has 0 spiro atoms. The number of halogens is 1. The Kier molecular flexibility index (Phi) is 5.12. The predicted molar refractivity (Wildman–Crippen MR) is 114 cm³/mol. The Hall–Kier alpha value is -2.40. The average molecular weight is 424 g/mol. The highest BCUT2D eigenvalue weighted by molar-refractivity contribution is 9.09. The van der Waals surface area contributed by atoms with Gasteiger partial charge in [-0.3, -0.25) is 4.79 Å². The molecule has 0 saturated carbocycles. The van der Waals surface area contributed by atoms with Crippen LogP contribution in [0.15, 0.2) is 60.7 Å². The molecule has 4 nitrogen and oxygen atoms in total. The second-order valence-corrected chi connectivity index (χ2v) is 7.81. The highest BCUT2D eigenvalue weighted by atomic mass is 79.9. The van der Waals surface area contributed by atoms with E-state index in [9.17, 15) is 4.79 Å². The van der Waals surface area contributed by atoms with E-state index in [4.69, 9.17) is 4.98 Å². The van der Waals surface area contributed by atoms with Gasteiger partial charge in [0.05, 0.1) is 11.2 Å². The molecule has 1 unspecified atom stereocenters. The first-order valence-electron chi connectivity index (χ1n) is 9.30. The smallest absolute Gasteiger partial charge is 0.223 e. The van der Waals surface area contributed by atoms with Crippen LogP contribution < -0.4 is 4.90 Å². The topological polar surface area (TPSA) is 36.4 Å². The molecule has 1 atom stereocenters. The molecule has 1 aliphatic rings. The van der Waals surface area contributed by atoms with Gasteiger partial charge in [-0.25, -0.2) is 4.98 Å². The normalized spacial score (nSPS) is 17.3. The summed E-state index contributed by atoms with van der Waals surface area (Å²) < 4.78 is 0. The van der Waals surface area contributed by atoms with E-state index in [1.807, 2.05) is 30.0 Å². The molecule has 3 aromatic rings. The number of anilines is 1. The fourth-order valence-corrected chi connectivity index (χ4v) is 4.31. The zero-order valence-electron chi connectivity index (χ0n) is 15.3. The minimum Gasteiger partial charge on any atom is -0.367 e. The van der Waals surface area contributed by atoms with Gasteiger partial charge in [0.15, 0.2) is 0 Å². The van der Waals surface area contributed by atoms with Crippen LogP contribution in [0.25, 0.3) is 22.2 Å². The lowest BCUT2D eigenvalue weighted by Gasteiger charge is -2.40. The number of rotatable bonds is 3. The Balaban J connectivity index is 1.51. The third-order valence-electron chi connectivity index (χ3n) is 5.07. The van der Waals surface area contributed by atoms with Crippen molar-refractivity contribution in [3.63, 3.8) is 0 Å². The number of aromatic nitrogens is 1. The van der Waals surface area contributed by atoms with Crippen LogP contribution in [0.3, 0.4) is 0 Å². The molecule has 1 aliphatic heterocycles. The molecule has 27 heavy (non-hydrogen) atoms. The van der Waals surface area contributed by atoms with Gasteiger partial charge in [-0.2, -0.15) is 0 Å². The molecule has 0 radical (unpaired) electrons. The van der Waals surface area contributed by atoms with Gasteiger partial charge in [0.25, 0.3) is 0 Å². The molecule has 0 bridgehead atoms. The van der Waals surface area contributed by atoms with Crippen LogP contribution in [-0.4, -0.2) is 40.4 Å². The summed E-state index contributed by atoms with van der Waals surface area (Å²) >= 11 is 3.66. The zero-order chi connectivity index (χ0) is 18.8. The molecule has 1 saturated heterocycles. The maximum absolute atomic E-state index is 12.0. The van der Waals surface area contributed by atoms with Crippen molar-refractivity contribution in [3.8, 4) is 11.3 Å². The van der Waals surface area contributed by atoms with E-state index in [2.05, 4.69) is 63.3 Å². The highest BCUT2D eigenvalue weighted by Gasteiger charge is 2.27. The molecule has 2 aromatic carbocycles. The summed E-state index contributed by atoms with van der Waals surface area (Å²) in [6.07, 6.45) is 0.551. The molecule has 1 amide bonds. The minimum atomic E-state index is 0.0560. The Morgan fingerprint density at radius 3 is 2.59 bits per heavy atom. The number of carbonyl (C=O) groups excluding carboxylic acids is 1. The molecule has 1 fully saturated rings. The van der Waals surface area contributed by atoms with Crippen molar-refractivity contribution < 1.29 is 4.79 Å². The molecule has 4 rings (SSSR count). The van der Waals surface area contributed by atoms with Gasteiger partial charge in [0.2, 0.25) is 5.91 Å². The van der Waals surface area contributed by atoms with Crippen LogP contribution in [-0.2, 0) is 4.79 Å². The first-order chi connectivity index (χ1) is 13.2. The maximum atomic E-state index is 12.0. The summed E-state index contributed by atoms with van der Waals surface area (Å²) in [5.41, 5.74) is 4.28.